The highest BCUT2D eigenvalue weighted by atomic mass is 16.5. The number of hydrogen-bond donors (Lipinski definition) is 3. The lowest BCUT2D eigenvalue weighted by atomic mass is 10.0. The molecule has 1 heterocycles. The minimum absolute atomic E-state index is 0.106. The van der Waals surface area contributed by atoms with Crippen LogP contribution in [-0.4, -0.2) is 31.4 Å². The van der Waals surface area contributed by atoms with Crippen LogP contribution in [0.3, 0.4) is 0 Å². The lowest BCUT2D eigenvalue weighted by Gasteiger charge is -2.18. The first-order valence-corrected chi connectivity index (χ1v) is 5.61. The molecular weight excluding hydrogens is 206 g/mol. The maximum atomic E-state index is 11.2. The van der Waals surface area contributed by atoms with E-state index in [1.165, 1.54) is 0 Å². The van der Waals surface area contributed by atoms with Gasteiger partial charge in [-0.15, -0.1) is 0 Å². The molecule has 0 spiro atoms. The van der Waals surface area contributed by atoms with Crippen molar-refractivity contribution < 1.29 is 9.53 Å². The maximum absolute atomic E-state index is 11.2. The molecule has 0 bridgehead atoms. The van der Waals surface area contributed by atoms with Gasteiger partial charge in [-0.3, -0.25) is 5.41 Å². The minimum Gasteiger partial charge on any atom is -0.461 e. The molecule has 1 aliphatic rings. The summed E-state index contributed by atoms with van der Waals surface area (Å²) in [7, 11) is 0. The Labute approximate surface area is 96.5 Å². The molecule has 1 aliphatic heterocycles. The summed E-state index contributed by atoms with van der Waals surface area (Å²) < 4.78 is 4.73. The van der Waals surface area contributed by atoms with Crippen LogP contribution in [0.2, 0.25) is 0 Å². The molecule has 0 fully saturated rings. The van der Waals surface area contributed by atoms with E-state index in [0.717, 1.165) is 6.54 Å². The highest BCUT2D eigenvalue weighted by molar-refractivity contribution is 6.42. The summed E-state index contributed by atoms with van der Waals surface area (Å²) in [5.74, 6) is -0.590. The Bertz CT molecular complexity index is 285. The molecule has 0 aliphatic carbocycles. The monoisotopic (exact) mass is 227 g/mol. The first kappa shape index (κ1) is 14.6. The predicted octanol–water partition coefficient (Wildman–Crippen LogP) is 0.802. The molecule has 4 N–H and O–H groups in total. The van der Waals surface area contributed by atoms with E-state index in [4.69, 9.17) is 15.9 Å². The van der Waals surface area contributed by atoms with Crippen molar-refractivity contribution in [3.05, 3.63) is 11.3 Å². The molecule has 5 heteroatoms. The van der Waals surface area contributed by atoms with Crippen LogP contribution in [0.4, 0.5) is 0 Å². The normalized spacial score (nSPS) is 14.9. The first-order valence-electron chi connectivity index (χ1n) is 5.61. The molecule has 0 aromatic rings. The summed E-state index contributed by atoms with van der Waals surface area (Å²) >= 11 is 0. The summed E-state index contributed by atoms with van der Waals surface area (Å²) in [6.07, 6.45) is 0.615. The van der Waals surface area contributed by atoms with Gasteiger partial charge in [-0.1, -0.05) is 13.8 Å². The summed E-state index contributed by atoms with van der Waals surface area (Å²) in [5.41, 5.74) is 6.75. The number of esters is 1. The molecule has 0 atom stereocenters. The standard InChI is InChI=1S/C9H15N3O2.C2H6/c1-2-14-9(13)8(11)6-3-4-12-5-7(6)10;1-2/h11-12H,2-5,10H2,1H3;1-2H3. The number of hydrogen-bond acceptors (Lipinski definition) is 5. The van der Waals surface area contributed by atoms with Gasteiger partial charge in [0.05, 0.1) is 6.61 Å². The van der Waals surface area contributed by atoms with Crippen molar-refractivity contribution in [3.8, 4) is 0 Å². The molecule has 0 radical (unpaired) electrons. The van der Waals surface area contributed by atoms with Crippen molar-refractivity contribution in [1.82, 2.24) is 5.32 Å². The molecule has 0 saturated carbocycles. The van der Waals surface area contributed by atoms with Crippen molar-refractivity contribution in [3.63, 3.8) is 0 Å². The molecule has 5 nitrogen and oxygen atoms in total. The third-order valence-corrected chi connectivity index (χ3v) is 2.04. The van der Waals surface area contributed by atoms with Crippen molar-refractivity contribution >= 4 is 11.7 Å². The average molecular weight is 227 g/mol. The van der Waals surface area contributed by atoms with E-state index in [0.29, 0.717) is 24.2 Å². The molecule has 1 rings (SSSR count). The Hall–Kier alpha value is -1.36. The summed E-state index contributed by atoms with van der Waals surface area (Å²) in [6, 6.07) is 0. The molecule has 0 amide bonds. The lowest BCUT2D eigenvalue weighted by Crippen LogP contribution is -2.33. The van der Waals surface area contributed by atoms with Gasteiger partial charge in [0, 0.05) is 17.8 Å². The number of rotatable bonds is 3. The van der Waals surface area contributed by atoms with Crippen LogP contribution in [0.15, 0.2) is 11.3 Å². The van der Waals surface area contributed by atoms with E-state index < -0.39 is 5.97 Å². The first-order chi connectivity index (χ1) is 7.66. The molecule has 0 aromatic heterocycles. The fourth-order valence-electron chi connectivity index (χ4n) is 1.32. The van der Waals surface area contributed by atoms with E-state index in [1.807, 2.05) is 13.8 Å². The summed E-state index contributed by atoms with van der Waals surface area (Å²) in [6.45, 7) is 7.28. The Kier molecular flexibility index (Phi) is 7.20. The van der Waals surface area contributed by atoms with Crippen LogP contribution in [0.1, 0.15) is 27.2 Å². The third-order valence-electron chi connectivity index (χ3n) is 2.04. The second-order valence-electron chi connectivity index (χ2n) is 3.03. The van der Waals surface area contributed by atoms with E-state index in [1.54, 1.807) is 6.92 Å². The van der Waals surface area contributed by atoms with Gasteiger partial charge < -0.3 is 15.8 Å². The zero-order chi connectivity index (χ0) is 12.6. The van der Waals surface area contributed by atoms with Crippen LogP contribution in [0.5, 0.6) is 0 Å². The van der Waals surface area contributed by atoms with E-state index in [9.17, 15) is 4.79 Å². The van der Waals surface area contributed by atoms with Gasteiger partial charge in [-0.25, -0.2) is 4.79 Å². The number of ether oxygens (including phenoxy) is 1. The molecule has 0 aromatic carbocycles. The van der Waals surface area contributed by atoms with Crippen LogP contribution >= 0.6 is 0 Å². The molecule has 92 valence electrons. The maximum Gasteiger partial charge on any atom is 0.356 e. The van der Waals surface area contributed by atoms with Crippen molar-refractivity contribution in [2.24, 2.45) is 5.73 Å². The second kappa shape index (κ2) is 7.87. The van der Waals surface area contributed by atoms with Gasteiger partial charge >= 0.3 is 5.97 Å². The minimum atomic E-state index is -0.590. The SMILES string of the molecule is CC.CCOC(=O)C(=N)C1=C(N)CNCC1. The van der Waals surface area contributed by atoms with Crippen molar-refractivity contribution in [2.45, 2.75) is 27.2 Å². The molecule has 0 unspecified atom stereocenters. The Balaban J connectivity index is 0.00000106. The van der Waals surface area contributed by atoms with Crippen molar-refractivity contribution in [1.29, 1.82) is 5.41 Å². The zero-order valence-electron chi connectivity index (χ0n) is 10.2. The van der Waals surface area contributed by atoms with E-state index >= 15 is 0 Å². The number of nitrogens with two attached hydrogens (primary N) is 1. The van der Waals surface area contributed by atoms with Gasteiger partial charge in [0.1, 0.15) is 5.71 Å². The topological polar surface area (TPSA) is 88.2 Å². The smallest absolute Gasteiger partial charge is 0.356 e. The second-order valence-corrected chi connectivity index (χ2v) is 3.03. The highest BCUT2D eigenvalue weighted by Crippen LogP contribution is 2.10. The Morgan fingerprint density at radius 3 is 2.69 bits per heavy atom. The quantitative estimate of drug-likeness (QED) is 0.491. The average Bonchev–Trinajstić information content (AvgIpc) is 2.32. The van der Waals surface area contributed by atoms with Gasteiger partial charge in [0.25, 0.3) is 0 Å². The van der Waals surface area contributed by atoms with E-state index in [2.05, 4.69) is 5.32 Å². The summed E-state index contributed by atoms with van der Waals surface area (Å²) in [5, 5.41) is 10.6. The molecule has 0 saturated heterocycles. The largest absolute Gasteiger partial charge is 0.461 e. The van der Waals surface area contributed by atoms with Gasteiger partial charge in [-0.2, -0.15) is 0 Å². The Morgan fingerprint density at radius 2 is 2.19 bits per heavy atom. The van der Waals surface area contributed by atoms with Crippen molar-refractivity contribution in [2.75, 3.05) is 19.7 Å². The number of carbonyl (C=O) groups excluding carboxylic acids is 1. The van der Waals surface area contributed by atoms with Crippen LogP contribution in [0.25, 0.3) is 0 Å². The highest BCUT2D eigenvalue weighted by Gasteiger charge is 2.20. The van der Waals surface area contributed by atoms with Gasteiger partial charge in [-0.05, 0) is 19.9 Å². The fourth-order valence-corrected chi connectivity index (χ4v) is 1.32. The number of carbonyl (C=O) groups is 1. The molecule has 16 heavy (non-hydrogen) atoms. The van der Waals surface area contributed by atoms with Crippen LogP contribution in [0, 0.1) is 5.41 Å². The summed E-state index contributed by atoms with van der Waals surface area (Å²) in [4.78, 5) is 11.2. The predicted molar refractivity (Wildman–Crippen MR) is 64.4 cm³/mol. The fraction of sp³-hybridized carbons (Fsp3) is 0.636. The zero-order valence-corrected chi connectivity index (χ0v) is 10.2. The van der Waals surface area contributed by atoms with Gasteiger partial charge in [0.2, 0.25) is 0 Å². The van der Waals surface area contributed by atoms with Gasteiger partial charge in [0.15, 0.2) is 0 Å². The van der Waals surface area contributed by atoms with Crippen LogP contribution in [-0.2, 0) is 9.53 Å². The Morgan fingerprint density at radius 1 is 1.56 bits per heavy atom. The van der Waals surface area contributed by atoms with E-state index in [-0.39, 0.29) is 12.3 Å². The lowest BCUT2D eigenvalue weighted by molar-refractivity contribution is -0.135. The number of nitrogens with one attached hydrogen (secondary N) is 2. The third kappa shape index (κ3) is 4.02. The van der Waals surface area contributed by atoms with Crippen LogP contribution < -0.4 is 11.1 Å². The molecular formula is C11H21N3O2.